The van der Waals surface area contributed by atoms with E-state index in [2.05, 4.69) is 5.32 Å². The second kappa shape index (κ2) is 4.60. The van der Waals surface area contributed by atoms with E-state index in [0.717, 1.165) is 25.1 Å². The van der Waals surface area contributed by atoms with Crippen LogP contribution < -0.4 is 5.32 Å². The molecule has 7 heteroatoms. The molecule has 0 spiro atoms. The lowest BCUT2D eigenvalue weighted by atomic mass is 10.1. The molecule has 0 radical (unpaired) electrons. The normalized spacial score (nSPS) is 10.5. The van der Waals surface area contributed by atoms with E-state index in [1.54, 1.807) is 0 Å². The molecule has 0 aliphatic carbocycles. The Balaban J connectivity index is 2.61. The van der Waals surface area contributed by atoms with Gasteiger partial charge in [-0.15, -0.1) is 0 Å². The van der Waals surface area contributed by atoms with Crippen LogP contribution in [0, 0.1) is 11.6 Å². The number of rotatable bonds is 2. The predicted molar refractivity (Wildman–Crippen MR) is 61.7 cm³/mol. The quantitative estimate of drug-likeness (QED) is 0.782. The highest BCUT2D eigenvalue weighted by molar-refractivity contribution is 5.90. The topological polar surface area (TPSA) is 82.7 Å². The van der Waals surface area contributed by atoms with Crippen LogP contribution in [0.1, 0.15) is 6.92 Å². The van der Waals surface area contributed by atoms with Crippen LogP contribution in [0.25, 0.3) is 11.3 Å². The molecule has 0 bridgehead atoms. The third-order valence-corrected chi connectivity index (χ3v) is 2.34. The van der Waals surface area contributed by atoms with Gasteiger partial charge in [-0.1, -0.05) is 6.07 Å². The van der Waals surface area contributed by atoms with Crippen LogP contribution >= 0.6 is 0 Å². The monoisotopic (exact) mass is 269 g/mol. The molecule has 1 aromatic carbocycles. The smallest absolute Gasteiger partial charge is 0.246 e. The maximum Gasteiger partial charge on any atom is 0.246 e. The Bertz CT molecular complexity index is 631. The summed E-state index contributed by atoms with van der Waals surface area (Å²) in [6.45, 7) is 1.14. The first-order chi connectivity index (χ1) is 8.91. The molecule has 1 heterocycles. The van der Waals surface area contributed by atoms with E-state index in [0.29, 0.717) is 0 Å². The van der Waals surface area contributed by atoms with Gasteiger partial charge in [0.05, 0.1) is 5.56 Å². The van der Waals surface area contributed by atoms with E-state index in [1.807, 2.05) is 0 Å². The molecule has 5 nitrogen and oxygen atoms in total. The molecule has 0 aliphatic heterocycles. The number of halogens is 2. The second-order valence-corrected chi connectivity index (χ2v) is 3.74. The number of anilines is 1. The molecule has 3 N–H and O–H groups in total. The van der Waals surface area contributed by atoms with E-state index < -0.39 is 46.2 Å². The molecule has 1 amide bonds. The molecule has 2 rings (SSSR count). The number of benzene rings is 1. The Morgan fingerprint density at radius 2 is 1.79 bits per heavy atom. The van der Waals surface area contributed by atoms with Gasteiger partial charge in [-0.2, -0.15) is 0 Å². The van der Waals surface area contributed by atoms with Gasteiger partial charge in [0.15, 0.2) is 5.76 Å². The Kier molecular flexibility index (Phi) is 3.12. The fraction of sp³-hybridized carbons (Fsp3) is 0.0833. The van der Waals surface area contributed by atoms with E-state index in [9.17, 15) is 23.8 Å². The third-order valence-electron chi connectivity index (χ3n) is 2.34. The highest BCUT2D eigenvalue weighted by Crippen LogP contribution is 2.46. The molecule has 2 aromatic rings. The van der Waals surface area contributed by atoms with Crippen molar-refractivity contribution in [1.29, 1.82) is 0 Å². The molecule has 1 aromatic heterocycles. The first-order valence-corrected chi connectivity index (χ1v) is 5.18. The van der Waals surface area contributed by atoms with Crippen molar-refractivity contribution in [1.82, 2.24) is 0 Å². The molecular formula is C12H9F2NO4. The Hall–Kier alpha value is -2.57. The van der Waals surface area contributed by atoms with Gasteiger partial charge >= 0.3 is 0 Å². The summed E-state index contributed by atoms with van der Waals surface area (Å²) in [4.78, 5) is 10.8. The predicted octanol–water partition coefficient (Wildman–Crippen LogP) is 2.59. The van der Waals surface area contributed by atoms with Crippen LogP contribution in [0.15, 0.2) is 22.6 Å². The Morgan fingerprint density at radius 1 is 1.21 bits per heavy atom. The Labute approximate surface area is 106 Å². The van der Waals surface area contributed by atoms with Gasteiger partial charge in [-0.25, -0.2) is 8.78 Å². The summed E-state index contributed by atoms with van der Waals surface area (Å²) in [5.41, 5.74) is -0.632. The van der Waals surface area contributed by atoms with E-state index in [-0.39, 0.29) is 0 Å². The fourth-order valence-electron chi connectivity index (χ4n) is 1.54. The Morgan fingerprint density at radius 3 is 2.32 bits per heavy atom. The molecule has 100 valence electrons. The largest absolute Gasteiger partial charge is 0.502 e. The van der Waals surface area contributed by atoms with E-state index in [1.165, 1.54) is 0 Å². The number of aromatic hydroxyl groups is 2. The van der Waals surface area contributed by atoms with Gasteiger partial charge in [0.1, 0.15) is 11.6 Å². The van der Waals surface area contributed by atoms with Crippen molar-refractivity contribution in [3.63, 3.8) is 0 Å². The van der Waals surface area contributed by atoms with Gasteiger partial charge in [0.2, 0.25) is 23.3 Å². The summed E-state index contributed by atoms with van der Waals surface area (Å²) in [7, 11) is 0. The van der Waals surface area contributed by atoms with Crippen molar-refractivity contribution in [2.45, 2.75) is 6.92 Å². The molecule has 19 heavy (non-hydrogen) atoms. The van der Waals surface area contributed by atoms with Gasteiger partial charge < -0.3 is 14.6 Å². The number of nitrogens with one attached hydrogen (secondary N) is 1. The van der Waals surface area contributed by atoms with Crippen molar-refractivity contribution in [2.24, 2.45) is 0 Å². The number of furan rings is 1. The molecule has 0 saturated carbocycles. The molecular weight excluding hydrogens is 260 g/mol. The van der Waals surface area contributed by atoms with E-state index >= 15 is 0 Å². The zero-order valence-electron chi connectivity index (χ0n) is 9.70. The van der Waals surface area contributed by atoms with Crippen LogP contribution in [0.5, 0.6) is 11.5 Å². The molecule has 0 aliphatic rings. The lowest BCUT2D eigenvalue weighted by Gasteiger charge is -2.01. The van der Waals surface area contributed by atoms with Crippen LogP contribution in [0.3, 0.4) is 0 Å². The zero-order chi connectivity index (χ0) is 14.2. The lowest BCUT2D eigenvalue weighted by Crippen LogP contribution is -2.04. The first kappa shape index (κ1) is 12.9. The SMILES string of the molecule is CC(=O)Nc1oc(-c2c(F)cccc2F)c(O)c1O. The van der Waals surface area contributed by atoms with Crippen molar-refractivity contribution in [3.8, 4) is 22.8 Å². The molecule has 0 fully saturated rings. The highest BCUT2D eigenvalue weighted by atomic mass is 19.1. The standard InChI is InChI=1S/C12H9F2NO4/c1-5(16)15-12-10(18)9(17)11(19-12)8-6(13)3-2-4-7(8)14/h2-4,17-18H,1H3,(H,15,16). The minimum absolute atomic E-state index is 0.484. The fourth-order valence-corrected chi connectivity index (χ4v) is 1.54. The maximum absolute atomic E-state index is 13.5. The number of carbonyl (C=O) groups is 1. The third kappa shape index (κ3) is 2.22. The summed E-state index contributed by atoms with van der Waals surface area (Å²) in [6.07, 6.45) is 0. The highest BCUT2D eigenvalue weighted by Gasteiger charge is 2.25. The van der Waals surface area contributed by atoms with Gasteiger partial charge in [-0.3, -0.25) is 10.1 Å². The summed E-state index contributed by atoms with van der Waals surface area (Å²) in [5.74, 6) is -5.26. The number of carbonyl (C=O) groups excluding carboxylic acids is 1. The maximum atomic E-state index is 13.5. The minimum atomic E-state index is -0.974. The average Bonchev–Trinajstić information content (AvgIpc) is 2.57. The van der Waals surface area contributed by atoms with Gasteiger partial charge in [0, 0.05) is 6.92 Å². The van der Waals surface area contributed by atoms with E-state index in [4.69, 9.17) is 4.42 Å². The second-order valence-electron chi connectivity index (χ2n) is 3.74. The summed E-state index contributed by atoms with van der Waals surface area (Å²) < 4.78 is 32.0. The minimum Gasteiger partial charge on any atom is -0.502 e. The van der Waals surface area contributed by atoms with Crippen molar-refractivity contribution < 1.29 is 28.2 Å². The number of hydrogen-bond acceptors (Lipinski definition) is 4. The van der Waals surface area contributed by atoms with Gasteiger partial charge in [-0.05, 0) is 12.1 Å². The summed E-state index contributed by atoms with van der Waals surface area (Å²) in [5, 5.41) is 21.2. The van der Waals surface area contributed by atoms with Crippen LogP contribution in [0.2, 0.25) is 0 Å². The number of hydrogen-bond donors (Lipinski definition) is 3. The van der Waals surface area contributed by atoms with Crippen molar-refractivity contribution in [2.75, 3.05) is 5.32 Å². The molecule has 0 atom stereocenters. The average molecular weight is 269 g/mol. The lowest BCUT2D eigenvalue weighted by molar-refractivity contribution is -0.114. The van der Waals surface area contributed by atoms with Crippen LogP contribution in [-0.4, -0.2) is 16.1 Å². The van der Waals surface area contributed by atoms with Crippen LogP contribution in [-0.2, 0) is 4.79 Å². The summed E-state index contributed by atoms with van der Waals surface area (Å²) >= 11 is 0. The summed E-state index contributed by atoms with van der Waals surface area (Å²) in [6, 6.07) is 3.08. The zero-order valence-corrected chi connectivity index (χ0v) is 9.70. The molecule has 0 saturated heterocycles. The first-order valence-electron chi connectivity index (χ1n) is 5.18. The number of amides is 1. The van der Waals surface area contributed by atoms with Crippen LogP contribution in [0.4, 0.5) is 14.7 Å². The van der Waals surface area contributed by atoms with Crippen molar-refractivity contribution in [3.05, 3.63) is 29.8 Å². The van der Waals surface area contributed by atoms with Crippen molar-refractivity contribution >= 4 is 11.8 Å². The van der Waals surface area contributed by atoms with Gasteiger partial charge in [0.25, 0.3) is 0 Å². The molecule has 0 unspecified atom stereocenters.